The lowest BCUT2D eigenvalue weighted by molar-refractivity contribution is 0.399. The summed E-state index contributed by atoms with van der Waals surface area (Å²) in [6.07, 6.45) is 10.4. The highest BCUT2D eigenvalue weighted by molar-refractivity contribution is 5.66. The van der Waals surface area contributed by atoms with Gasteiger partial charge in [0.15, 0.2) is 5.82 Å². The van der Waals surface area contributed by atoms with Crippen molar-refractivity contribution in [3.05, 3.63) is 89.8 Å². The van der Waals surface area contributed by atoms with Gasteiger partial charge in [-0.2, -0.15) is 5.10 Å². The zero-order valence-corrected chi connectivity index (χ0v) is 19.7. The Hall–Kier alpha value is -3.55. The van der Waals surface area contributed by atoms with Gasteiger partial charge in [0, 0.05) is 43.4 Å². The van der Waals surface area contributed by atoms with Crippen LogP contribution in [0.3, 0.4) is 0 Å². The molecule has 3 aromatic rings. The van der Waals surface area contributed by atoms with Gasteiger partial charge in [-0.3, -0.25) is 0 Å². The summed E-state index contributed by atoms with van der Waals surface area (Å²) >= 11 is 0. The van der Waals surface area contributed by atoms with Gasteiger partial charge in [0.25, 0.3) is 0 Å². The van der Waals surface area contributed by atoms with Crippen molar-refractivity contribution in [2.24, 2.45) is 10.8 Å². The standard InChI is InChI=1S/C26H28FN5.CH4O/c1-3-6-24-23(28)15-16-31(24)22-13-11-20(12-14-22)25-18-30-26(32(25)29-2)10-5-8-19-7-4-9-21(27)17-19;1-2/h4-7,9-14,17-18,23H,2-3,8,15-16,28H2,1H3;2H,1H3/b10-5-,24-6+;. The summed E-state index contributed by atoms with van der Waals surface area (Å²) in [6, 6.07) is 15.0. The van der Waals surface area contributed by atoms with Crippen molar-refractivity contribution < 1.29 is 9.50 Å². The first kappa shape index (κ1) is 25.1. The van der Waals surface area contributed by atoms with Crippen LogP contribution in [0.15, 0.2) is 77.7 Å². The van der Waals surface area contributed by atoms with Crippen LogP contribution in [-0.4, -0.2) is 41.2 Å². The van der Waals surface area contributed by atoms with Gasteiger partial charge in [-0.25, -0.2) is 14.1 Å². The fraction of sp³-hybridized carbons (Fsp3) is 0.259. The van der Waals surface area contributed by atoms with Gasteiger partial charge in [-0.15, -0.1) is 0 Å². The first-order valence-electron chi connectivity index (χ1n) is 11.3. The van der Waals surface area contributed by atoms with E-state index in [9.17, 15) is 4.39 Å². The molecule has 0 aliphatic carbocycles. The topological polar surface area (TPSA) is 79.7 Å². The maximum atomic E-state index is 13.4. The summed E-state index contributed by atoms with van der Waals surface area (Å²) in [5.41, 5.74) is 11.4. The number of hydrogen-bond acceptors (Lipinski definition) is 5. The Morgan fingerprint density at radius 1 is 1.24 bits per heavy atom. The van der Waals surface area contributed by atoms with Crippen molar-refractivity contribution in [2.75, 3.05) is 18.6 Å². The minimum absolute atomic E-state index is 0.0998. The third-order valence-corrected chi connectivity index (χ3v) is 5.66. The second kappa shape index (κ2) is 12.1. The van der Waals surface area contributed by atoms with Crippen LogP contribution in [-0.2, 0) is 6.42 Å². The maximum Gasteiger partial charge on any atom is 0.153 e. The van der Waals surface area contributed by atoms with Crippen LogP contribution < -0.4 is 10.6 Å². The third kappa shape index (κ3) is 5.68. The predicted octanol–water partition coefficient (Wildman–Crippen LogP) is 4.85. The van der Waals surface area contributed by atoms with Crippen LogP contribution in [0.2, 0.25) is 0 Å². The number of anilines is 1. The molecule has 4 rings (SSSR count). The van der Waals surface area contributed by atoms with Gasteiger partial charge in [-0.05, 0) is 55.2 Å². The molecule has 178 valence electrons. The molecule has 2 aromatic carbocycles. The van der Waals surface area contributed by atoms with E-state index in [4.69, 9.17) is 10.8 Å². The highest BCUT2D eigenvalue weighted by Crippen LogP contribution is 2.30. The predicted molar refractivity (Wildman–Crippen MR) is 138 cm³/mol. The largest absolute Gasteiger partial charge is 0.400 e. The fourth-order valence-corrected chi connectivity index (χ4v) is 4.09. The van der Waals surface area contributed by atoms with E-state index in [0.29, 0.717) is 12.2 Å². The van der Waals surface area contributed by atoms with E-state index < -0.39 is 0 Å². The van der Waals surface area contributed by atoms with Crippen molar-refractivity contribution >= 4 is 18.5 Å². The molecule has 2 heterocycles. The molecular formula is C27H32FN5O. The number of halogens is 1. The number of aliphatic hydroxyl groups is 1. The zero-order valence-electron chi connectivity index (χ0n) is 19.7. The Bertz CT molecular complexity index is 1150. The summed E-state index contributed by atoms with van der Waals surface area (Å²) < 4.78 is 15.1. The van der Waals surface area contributed by atoms with Gasteiger partial charge in [0.05, 0.1) is 11.9 Å². The fourth-order valence-electron chi connectivity index (χ4n) is 4.09. The molecule has 0 spiro atoms. The number of hydrogen-bond donors (Lipinski definition) is 2. The SMILES string of the molecule is C=Nn1c(-c2ccc(N3CCC(N)/C3=C\CC)cc2)cnc1/C=C\Cc1cccc(F)c1.CO. The molecule has 1 fully saturated rings. The van der Waals surface area contributed by atoms with Gasteiger partial charge in [0.2, 0.25) is 0 Å². The van der Waals surface area contributed by atoms with E-state index in [2.05, 4.69) is 59.0 Å². The Kier molecular flexibility index (Phi) is 8.90. The molecule has 1 unspecified atom stereocenters. The summed E-state index contributed by atoms with van der Waals surface area (Å²) in [7, 11) is 1.00. The average molecular weight is 462 g/mol. The normalized spacial score (nSPS) is 16.7. The van der Waals surface area contributed by atoms with Gasteiger partial charge >= 0.3 is 0 Å². The van der Waals surface area contributed by atoms with Crippen LogP contribution in [0.25, 0.3) is 17.3 Å². The van der Waals surface area contributed by atoms with E-state index in [-0.39, 0.29) is 11.9 Å². The van der Waals surface area contributed by atoms with Crippen molar-refractivity contribution in [2.45, 2.75) is 32.2 Å². The van der Waals surface area contributed by atoms with Gasteiger partial charge in [0.1, 0.15) is 5.82 Å². The van der Waals surface area contributed by atoms with E-state index in [1.54, 1.807) is 16.9 Å². The van der Waals surface area contributed by atoms with Crippen LogP contribution in [0.1, 0.15) is 31.2 Å². The average Bonchev–Trinajstić information content (AvgIpc) is 3.44. The molecular weight excluding hydrogens is 429 g/mol. The molecule has 1 aliphatic rings. The number of imidazole rings is 1. The molecule has 3 N–H and O–H groups in total. The monoisotopic (exact) mass is 461 g/mol. The first-order valence-corrected chi connectivity index (χ1v) is 11.3. The van der Waals surface area contributed by atoms with E-state index in [1.165, 1.54) is 17.8 Å². The molecule has 0 bridgehead atoms. The lowest BCUT2D eigenvalue weighted by atomic mass is 10.1. The maximum absolute atomic E-state index is 13.4. The number of nitrogens with zero attached hydrogens (tertiary/aromatic N) is 4. The Labute approximate surface area is 200 Å². The van der Waals surface area contributed by atoms with Crippen molar-refractivity contribution in [1.29, 1.82) is 0 Å². The molecule has 1 atom stereocenters. The molecule has 6 nitrogen and oxygen atoms in total. The van der Waals surface area contributed by atoms with Crippen molar-refractivity contribution in [1.82, 2.24) is 9.66 Å². The van der Waals surface area contributed by atoms with Crippen LogP contribution in [0.5, 0.6) is 0 Å². The first-order chi connectivity index (χ1) is 16.6. The number of aromatic nitrogens is 2. The number of rotatable bonds is 7. The van der Waals surface area contributed by atoms with E-state index in [1.807, 2.05) is 18.2 Å². The molecule has 1 aliphatic heterocycles. The highest BCUT2D eigenvalue weighted by atomic mass is 19.1. The second-order valence-electron chi connectivity index (χ2n) is 7.82. The summed E-state index contributed by atoms with van der Waals surface area (Å²) in [5.74, 6) is 0.443. The van der Waals surface area contributed by atoms with E-state index >= 15 is 0 Å². The van der Waals surface area contributed by atoms with Gasteiger partial charge < -0.3 is 15.7 Å². The summed E-state index contributed by atoms with van der Waals surface area (Å²) in [4.78, 5) is 6.78. The lowest BCUT2D eigenvalue weighted by Crippen LogP contribution is -2.24. The number of benzene rings is 2. The van der Waals surface area contributed by atoms with Crippen LogP contribution in [0.4, 0.5) is 10.1 Å². The quantitative estimate of drug-likeness (QED) is 0.493. The number of aliphatic hydroxyl groups excluding tert-OH is 1. The van der Waals surface area contributed by atoms with Crippen LogP contribution >= 0.6 is 0 Å². The zero-order chi connectivity index (χ0) is 24.5. The second-order valence-corrected chi connectivity index (χ2v) is 7.82. The van der Waals surface area contributed by atoms with Gasteiger partial charge in [-0.1, -0.05) is 43.3 Å². The number of allylic oxidation sites excluding steroid dienone is 2. The molecule has 0 saturated carbocycles. The Balaban J connectivity index is 0.00000158. The Morgan fingerprint density at radius 2 is 2.00 bits per heavy atom. The minimum atomic E-state index is -0.232. The van der Waals surface area contributed by atoms with E-state index in [0.717, 1.165) is 49.0 Å². The van der Waals surface area contributed by atoms with Crippen LogP contribution in [0, 0.1) is 5.82 Å². The summed E-state index contributed by atoms with van der Waals surface area (Å²) in [6.45, 7) is 6.77. The molecule has 0 amide bonds. The molecule has 7 heteroatoms. The number of nitrogens with two attached hydrogens (primary N) is 1. The third-order valence-electron chi connectivity index (χ3n) is 5.66. The molecule has 0 radical (unpaired) electrons. The van der Waals surface area contributed by atoms with Crippen molar-refractivity contribution in [3.63, 3.8) is 0 Å². The minimum Gasteiger partial charge on any atom is -0.400 e. The molecule has 1 aromatic heterocycles. The summed E-state index contributed by atoms with van der Waals surface area (Å²) in [5, 5.41) is 11.1. The van der Waals surface area contributed by atoms with Crippen molar-refractivity contribution in [3.8, 4) is 11.3 Å². The molecule has 1 saturated heterocycles. The lowest BCUT2D eigenvalue weighted by Gasteiger charge is -2.22. The Morgan fingerprint density at radius 3 is 2.68 bits per heavy atom. The smallest absolute Gasteiger partial charge is 0.153 e. The molecule has 34 heavy (non-hydrogen) atoms. The highest BCUT2D eigenvalue weighted by Gasteiger charge is 2.25.